The number of aryl methyl sites for hydroxylation is 1. The van der Waals surface area contributed by atoms with E-state index in [0.717, 1.165) is 5.69 Å². The van der Waals surface area contributed by atoms with E-state index in [1.54, 1.807) is 35.8 Å². The number of aromatic nitrogens is 2. The van der Waals surface area contributed by atoms with Gasteiger partial charge in [0.05, 0.1) is 27.8 Å². The first-order valence-corrected chi connectivity index (χ1v) is 9.51. The highest BCUT2D eigenvalue weighted by Gasteiger charge is 2.37. The Balaban J connectivity index is 1.96. The van der Waals surface area contributed by atoms with Crippen LogP contribution >= 0.6 is 0 Å². The fourth-order valence-corrected chi connectivity index (χ4v) is 3.84. The molecule has 1 aliphatic rings. The molecule has 0 bridgehead atoms. The summed E-state index contributed by atoms with van der Waals surface area (Å²) in [6.45, 7) is 1.81. The number of hydrogen-bond acceptors (Lipinski definition) is 7. The first-order valence-electron chi connectivity index (χ1n) is 9.51. The van der Waals surface area contributed by atoms with Crippen LogP contribution in [0.15, 0.2) is 60.0 Å². The first-order chi connectivity index (χ1) is 14.8. The van der Waals surface area contributed by atoms with Crippen molar-refractivity contribution < 1.29 is 9.66 Å². The molecular formula is C22H20N6O3. The summed E-state index contributed by atoms with van der Waals surface area (Å²) in [5.74, 6) is -0.290. The Kier molecular flexibility index (Phi) is 4.83. The number of nitriles is 1. The van der Waals surface area contributed by atoms with E-state index in [-0.39, 0.29) is 17.1 Å². The van der Waals surface area contributed by atoms with Crippen LogP contribution in [0, 0.1) is 28.4 Å². The third kappa shape index (κ3) is 3.24. The summed E-state index contributed by atoms with van der Waals surface area (Å²) in [5, 5.41) is 26.1. The molecule has 2 aromatic carbocycles. The van der Waals surface area contributed by atoms with Crippen LogP contribution in [0.25, 0.3) is 5.69 Å². The molecule has 0 saturated carbocycles. The molecule has 1 unspecified atom stereocenters. The Labute approximate surface area is 178 Å². The molecule has 1 atom stereocenters. The lowest BCUT2D eigenvalue weighted by Gasteiger charge is -2.25. The topological polar surface area (TPSA) is 123 Å². The van der Waals surface area contributed by atoms with Gasteiger partial charge < -0.3 is 15.4 Å². The number of ether oxygens (including phenoxy) is 1. The van der Waals surface area contributed by atoms with Gasteiger partial charge in [0, 0.05) is 20.2 Å². The van der Waals surface area contributed by atoms with Crippen LogP contribution in [0.2, 0.25) is 0 Å². The number of hydrogen-bond donors (Lipinski definition) is 1. The SMILES string of the molecule is Cc1nn(-c2ccccc2)c2c1C(c1ccc(N(C)C)c([N+](=O)[O-])c1)C(C#N)=C(N)O2. The van der Waals surface area contributed by atoms with Gasteiger partial charge in [-0.3, -0.25) is 10.1 Å². The van der Waals surface area contributed by atoms with Crippen molar-refractivity contribution >= 4 is 11.4 Å². The Morgan fingerprint density at radius 3 is 2.58 bits per heavy atom. The molecular weight excluding hydrogens is 396 g/mol. The zero-order valence-electron chi connectivity index (χ0n) is 17.2. The van der Waals surface area contributed by atoms with Crippen molar-refractivity contribution in [1.82, 2.24) is 9.78 Å². The van der Waals surface area contributed by atoms with Crippen LogP contribution in [0.1, 0.15) is 22.7 Å². The Bertz CT molecular complexity index is 1250. The zero-order valence-corrected chi connectivity index (χ0v) is 17.2. The van der Waals surface area contributed by atoms with Crippen LogP contribution in [-0.2, 0) is 0 Å². The largest absolute Gasteiger partial charge is 0.422 e. The summed E-state index contributed by atoms with van der Waals surface area (Å²) < 4.78 is 7.45. The molecule has 0 spiro atoms. The highest BCUT2D eigenvalue weighted by atomic mass is 16.6. The van der Waals surface area contributed by atoms with Crippen molar-refractivity contribution in [2.75, 3.05) is 19.0 Å². The molecule has 9 heteroatoms. The standard InChI is InChI=1S/C22H20N6O3/c1-13-19-20(14-9-10-17(26(2)3)18(11-14)28(29)30)16(12-23)21(24)31-22(19)27(25-13)15-7-5-4-6-8-15/h4-11,20H,24H2,1-3H3. The fourth-order valence-electron chi connectivity index (χ4n) is 3.84. The van der Waals surface area contributed by atoms with E-state index < -0.39 is 10.8 Å². The molecule has 31 heavy (non-hydrogen) atoms. The van der Waals surface area contributed by atoms with Crippen LogP contribution in [0.5, 0.6) is 5.88 Å². The van der Waals surface area contributed by atoms with Gasteiger partial charge in [-0.2, -0.15) is 10.4 Å². The molecule has 0 saturated heterocycles. The highest BCUT2D eigenvalue weighted by molar-refractivity contribution is 5.66. The van der Waals surface area contributed by atoms with Gasteiger partial charge in [-0.1, -0.05) is 24.3 Å². The van der Waals surface area contributed by atoms with Crippen LogP contribution < -0.4 is 15.4 Å². The lowest BCUT2D eigenvalue weighted by molar-refractivity contribution is -0.384. The highest BCUT2D eigenvalue weighted by Crippen LogP contribution is 2.46. The molecule has 156 valence electrons. The summed E-state index contributed by atoms with van der Waals surface area (Å²) in [4.78, 5) is 13.0. The average molecular weight is 416 g/mol. The molecule has 3 aromatic rings. The number of nitrogens with two attached hydrogens (primary N) is 1. The maximum Gasteiger partial charge on any atom is 0.292 e. The van der Waals surface area contributed by atoms with Crippen molar-refractivity contribution in [1.29, 1.82) is 5.26 Å². The van der Waals surface area contributed by atoms with Gasteiger partial charge in [-0.15, -0.1) is 0 Å². The molecule has 1 aliphatic heterocycles. The van der Waals surface area contributed by atoms with Crippen molar-refractivity contribution in [3.63, 3.8) is 0 Å². The summed E-state index contributed by atoms with van der Waals surface area (Å²) in [6, 6.07) is 16.4. The number of nitro benzene ring substituents is 1. The maximum absolute atomic E-state index is 11.7. The number of fused-ring (bicyclic) bond motifs is 1. The van der Waals surface area contributed by atoms with E-state index in [0.29, 0.717) is 28.4 Å². The third-order valence-corrected chi connectivity index (χ3v) is 5.24. The smallest absolute Gasteiger partial charge is 0.292 e. The van der Waals surface area contributed by atoms with E-state index in [9.17, 15) is 15.4 Å². The van der Waals surface area contributed by atoms with Crippen molar-refractivity contribution in [2.45, 2.75) is 12.8 Å². The van der Waals surface area contributed by atoms with Crippen molar-refractivity contribution in [3.8, 4) is 17.6 Å². The Morgan fingerprint density at radius 1 is 1.26 bits per heavy atom. The molecule has 9 nitrogen and oxygen atoms in total. The predicted molar refractivity (Wildman–Crippen MR) is 115 cm³/mol. The predicted octanol–water partition coefficient (Wildman–Crippen LogP) is 3.37. The number of anilines is 1. The van der Waals surface area contributed by atoms with E-state index in [4.69, 9.17) is 10.5 Å². The van der Waals surface area contributed by atoms with Crippen LogP contribution in [0.4, 0.5) is 11.4 Å². The minimum Gasteiger partial charge on any atom is -0.422 e. The van der Waals surface area contributed by atoms with Gasteiger partial charge in [0.1, 0.15) is 17.3 Å². The Hall–Kier alpha value is -4.32. The van der Waals surface area contributed by atoms with Gasteiger partial charge >= 0.3 is 0 Å². The normalized spacial score (nSPS) is 15.1. The number of nitrogens with zero attached hydrogens (tertiary/aromatic N) is 5. The number of nitro groups is 1. The quantitative estimate of drug-likeness (QED) is 0.511. The molecule has 0 radical (unpaired) electrons. The van der Waals surface area contributed by atoms with E-state index >= 15 is 0 Å². The van der Waals surface area contributed by atoms with Gasteiger partial charge in [-0.05, 0) is 30.7 Å². The van der Waals surface area contributed by atoms with Gasteiger partial charge in [-0.25, -0.2) is 4.68 Å². The number of allylic oxidation sites excluding steroid dienone is 1. The number of para-hydroxylation sites is 1. The Morgan fingerprint density at radius 2 is 1.97 bits per heavy atom. The van der Waals surface area contributed by atoms with Gasteiger partial charge in [0.15, 0.2) is 0 Å². The lowest BCUT2D eigenvalue weighted by Crippen LogP contribution is -2.22. The fraction of sp³-hybridized carbons (Fsp3) is 0.182. The summed E-state index contributed by atoms with van der Waals surface area (Å²) >= 11 is 0. The average Bonchev–Trinajstić information content (AvgIpc) is 3.08. The van der Waals surface area contributed by atoms with Crippen molar-refractivity contribution in [2.24, 2.45) is 5.73 Å². The summed E-state index contributed by atoms with van der Waals surface area (Å²) in [5.41, 5.74) is 9.35. The zero-order chi connectivity index (χ0) is 22.3. The van der Waals surface area contributed by atoms with E-state index in [1.807, 2.05) is 37.3 Å². The molecule has 2 heterocycles. The second-order valence-electron chi connectivity index (χ2n) is 7.38. The minimum absolute atomic E-state index is 0.0450. The minimum atomic E-state index is -0.638. The number of rotatable bonds is 4. The summed E-state index contributed by atoms with van der Waals surface area (Å²) in [6.07, 6.45) is 0. The molecule has 1 aromatic heterocycles. The van der Waals surface area contributed by atoms with Crippen LogP contribution in [0.3, 0.4) is 0 Å². The second-order valence-corrected chi connectivity index (χ2v) is 7.38. The molecule has 0 fully saturated rings. The second kappa shape index (κ2) is 7.50. The van der Waals surface area contributed by atoms with E-state index in [1.165, 1.54) is 6.07 Å². The monoisotopic (exact) mass is 416 g/mol. The molecule has 0 aliphatic carbocycles. The molecule has 2 N–H and O–H groups in total. The van der Waals surface area contributed by atoms with Crippen molar-refractivity contribution in [3.05, 3.63) is 86.9 Å². The van der Waals surface area contributed by atoms with Crippen LogP contribution in [-0.4, -0.2) is 28.8 Å². The van der Waals surface area contributed by atoms with Gasteiger partial charge in [0.25, 0.3) is 5.69 Å². The van der Waals surface area contributed by atoms with E-state index in [2.05, 4.69) is 11.2 Å². The first kappa shape index (κ1) is 20.0. The third-order valence-electron chi connectivity index (χ3n) is 5.24. The molecule has 4 rings (SSSR count). The van der Waals surface area contributed by atoms with Gasteiger partial charge in [0.2, 0.25) is 11.8 Å². The molecule has 0 amide bonds. The maximum atomic E-state index is 11.7. The number of benzene rings is 2. The summed E-state index contributed by atoms with van der Waals surface area (Å²) in [7, 11) is 3.47. The lowest BCUT2D eigenvalue weighted by atomic mass is 9.84.